The summed E-state index contributed by atoms with van der Waals surface area (Å²) in [5.74, 6) is 0.448. The molecule has 2 aromatic carbocycles. The van der Waals surface area contributed by atoms with Crippen molar-refractivity contribution in [2.45, 2.75) is 58.9 Å². The van der Waals surface area contributed by atoms with Crippen LogP contribution in [0.1, 0.15) is 56.5 Å². The number of ketones is 1. The smallest absolute Gasteiger partial charge is 0.294 e. The fourth-order valence-electron chi connectivity index (χ4n) is 5.60. The molecule has 6 nitrogen and oxygen atoms in total. The molecule has 2 heterocycles. The van der Waals surface area contributed by atoms with Crippen LogP contribution in [0.5, 0.6) is 0 Å². The molecule has 1 saturated heterocycles. The molecule has 5 rings (SSSR count). The van der Waals surface area contributed by atoms with Crippen molar-refractivity contribution in [3.05, 3.63) is 65.9 Å². The lowest BCUT2D eigenvalue weighted by Crippen LogP contribution is -2.23. The topological polar surface area (TPSA) is 79.6 Å². The van der Waals surface area contributed by atoms with Crippen molar-refractivity contribution in [3.63, 3.8) is 0 Å². The van der Waals surface area contributed by atoms with Crippen LogP contribution >= 0.6 is 0 Å². The maximum Gasteiger partial charge on any atom is 0.294 e. The van der Waals surface area contributed by atoms with Gasteiger partial charge in [0.25, 0.3) is 10.1 Å². The minimum Gasteiger partial charge on any atom is -0.345 e. The average molecular weight is 511 g/mol. The average Bonchev–Trinajstić information content (AvgIpc) is 3.27. The Hall–Kier alpha value is -2.48. The summed E-state index contributed by atoms with van der Waals surface area (Å²) >= 11 is 0. The van der Waals surface area contributed by atoms with E-state index in [0.29, 0.717) is 5.78 Å². The molecule has 0 unspecified atom stereocenters. The number of hydrogen-bond acceptors (Lipinski definition) is 4. The Morgan fingerprint density at radius 3 is 2.08 bits per heavy atom. The Morgan fingerprint density at radius 2 is 1.53 bits per heavy atom. The highest BCUT2D eigenvalue weighted by Gasteiger charge is 2.68. The van der Waals surface area contributed by atoms with Crippen LogP contribution in [-0.4, -0.2) is 47.9 Å². The molecule has 36 heavy (non-hydrogen) atoms. The van der Waals surface area contributed by atoms with Crippen LogP contribution in [0.25, 0.3) is 10.9 Å². The highest BCUT2D eigenvalue weighted by Crippen LogP contribution is 2.69. The van der Waals surface area contributed by atoms with Gasteiger partial charge < -0.3 is 9.47 Å². The fourth-order valence-corrected chi connectivity index (χ4v) is 6.08. The SMILES string of the molecule is CC1(C)C(C(=O)c2cn(CCN3CCCC3)c3ccccc23)C1(C)C.Cc1ccc(S(=O)(=O)O)cc1. The normalized spacial score (nSPS) is 19.2. The second-order valence-electron chi connectivity index (χ2n) is 11.3. The van der Waals surface area contributed by atoms with Crippen LogP contribution in [0.4, 0.5) is 0 Å². The molecule has 3 aromatic rings. The molecule has 1 saturated carbocycles. The summed E-state index contributed by atoms with van der Waals surface area (Å²) in [5, 5.41) is 1.12. The largest absolute Gasteiger partial charge is 0.345 e. The third kappa shape index (κ3) is 5.15. The number of likely N-dealkylation sites (tertiary alicyclic amines) is 1. The van der Waals surface area contributed by atoms with Gasteiger partial charge in [0.15, 0.2) is 5.78 Å². The molecule has 0 radical (unpaired) electrons. The second-order valence-corrected chi connectivity index (χ2v) is 12.8. The molecule has 1 aliphatic heterocycles. The molecule has 2 fully saturated rings. The molecule has 0 atom stereocenters. The van der Waals surface area contributed by atoms with E-state index in [2.05, 4.69) is 61.6 Å². The Labute approximate surface area is 215 Å². The lowest BCUT2D eigenvalue weighted by Gasteiger charge is -2.15. The molecule has 1 aromatic heterocycles. The summed E-state index contributed by atoms with van der Waals surface area (Å²) in [6, 6.07) is 14.4. The third-order valence-corrected chi connectivity index (χ3v) is 9.38. The van der Waals surface area contributed by atoms with E-state index in [1.807, 2.05) is 13.0 Å². The highest BCUT2D eigenvalue weighted by molar-refractivity contribution is 7.85. The number of Topliss-reactive ketones (excluding diaryl/α,β-unsaturated/α-hetero) is 1. The summed E-state index contributed by atoms with van der Waals surface area (Å²) in [6.07, 6.45) is 4.76. The summed E-state index contributed by atoms with van der Waals surface area (Å²) < 4.78 is 31.8. The lowest BCUT2D eigenvalue weighted by atomic mass is 10.0. The maximum absolute atomic E-state index is 13.3. The molecule has 0 bridgehead atoms. The van der Waals surface area contributed by atoms with Gasteiger partial charge in [-0.15, -0.1) is 0 Å². The Balaban J connectivity index is 0.000000233. The van der Waals surface area contributed by atoms with Gasteiger partial charge in [-0.2, -0.15) is 8.42 Å². The van der Waals surface area contributed by atoms with Gasteiger partial charge in [0.05, 0.1) is 4.90 Å². The van der Waals surface area contributed by atoms with Crippen molar-refractivity contribution < 1.29 is 17.8 Å². The van der Waals surface area contributed by atoms with Gasteiger partial charge in [-0.25, -0.2) is 0 Å². The first kappa shape index (κ1) is 26.6. The molecule has 2 aliphatic rings. The monoisotopic (exact) mass is 510 g/mol. The first-order chi connectivity index (χ1) is 16.8. The number of aryl methyl sites for hydroxylation is 1. The quantitative estimate of drug-likeness (QED) is 0.333. The van der Waals surface area contributed by atoms with E-state index in [4.69, 9.17) is 4.55 Å². The van der Waals surface area contributed by atoms with E-state index >= 15 is 0 Å². The van der Waals surface area contributed by atoms with E-state index in [1.165, 1.54) is 43.6 Å². The first-order valence-electron chi connectivity index (χ1n) is 12.7. The minimum atomic E-state index is -4.02. The zero-order valence-corrected chi connectivity index (χ0v) is 22.8. The second kappa shape index (κ2) is 9.77. The summed E-state index contributed by atoms with van der Waals surface area (Å²) in [7, 11) is -4.02. The van der Waals surface area contributed by atoms with E-state index in [1.54, 1.807) is 12.1 Å². The Bertz CT molecular complexity index is 1330. The van der Waals surface area contributed by atoms with Crippen LogP contribution in [0.2, 0.25) is 0 Å². The van der Waals surface area contributed by atoms with Gasteiger partial charge in [0, 0.05) is 41.7 Å². The first-order valence-corrected chi connectivity index (χ1v) is 14.2. The number of rotatable bonds is 6. The van der Waals surface area contributed by atoms with E-state index < -0.39 is 10.1 Å². The minimum absolute atomic E-state index is 0.0666. The zero-order valence-electron chi connectivity index (χ0n) is 22.0. The van der Waals surface area contributed by atoms with E-state index in [-0.39, 0.29) is 21.6 Å². The molecule has 0 spiro atoms. The number of aromatic nitrogens is 1. The molecular weight excluding hydrogens is 472 g/mol. The van der Waals surface area contributed by atoms with Gasteiger partial charge in [-0.05, 0) is 61.9 Å². The number of benzene rings is 2. The Kier molecular flexibility index (Phi) is 7.21. The number of fused-ring (bicyclic) bond motifs is 1. The Morgan fingerprint density at radius 1 is 0.944 bits per heavy atom. The van der Waals surface area contributed by atoms with Gasteiger partial charge in [-0.3, -0.25) is 9.35 Å². The van der Waals surface area contributed by atoms with Crippen LogP contribution in [0.15, 0.2) is 59.6 Å². The number of hydrogen-bond donors (Lipinski definition) is 1. The number of nitrogens with zero attached hydrogens (tertiary/aromatic N) is 2. The van der Waals surface area contributed by atoms with Crippen LogP contribution in [-0.2, 0) is 16.7 Å². The number of carbonyl (C=O) groups is 1. The molecule has 194 valence electrons. The molecular formula is C29H38N2O4S. The summed E-state index contributed by atoms with van der Waals surface area (Å²) in [4.78, 5) is 15.8. The molecule has 0 amide bonds. The number of carbonyl (C=O) groups excluding carboxylic acids is 1. The van der Waals surface area contributed by atoms with Gasteiger partial charge in [-0.1, -0.05) is 63.6 Å². The summed E-state index contributed by atoms with van der Waals surface area (Å²) in [6.45, 7) is 15.2. The van der Waals surface area contributed by atoms with Crippen molar-refractivity contribution in [2.75, 3.05) is 19.6 Å². The van der Waals surface area contributed by atoms with Crippen molar-refractivity contribution >= 4 is 26.8 Å². The predicted octanol–water partition coefficient (Wildman–Crippen LogP) is 5.84. The van der Waals surface area contributed by atoms with Crippen LogP contribution in [0.3, 0.4) is 0 Å². The van der Waals surface area contributed by atoms with Gasteiger partial charge >= 0.3 is 0 Å². The predicted molar refractivity (Wildman–Crippen MR) is 144 cm³/mol. The van der Waals surface area contributed by atoms with Gasteiger partial charge in [0.2, 0.25) is 0 Å². The van der Waals surface area contributed by atoms with Crippen molar-refractivity contribution in [3.8, 4) is 0 Å². The highest BCUT2D eigenvalue weighted by atomic mass is 32.2. The standard InChI is InChI=1S/C22H30N2O.C7H8O3S/c1-21(2)20(22(21,3)4)19(25)17-15-24(14-13-23-11-7-8-12-23)18-10-6-5-9-16(17)18;1-6-2-4-7(5-3-6)11(8,9)10/h5-6,9-10,15,20H,7-8,11-14H2,1-4H3;2-5H,1H3,(H,8,9,10). The van der Waals surface area contributed by atoms with Crippen LogP contribution < -0.4 is 0 Å². The summed E-state index contributed by atoms with van der Waals surface area (Å²) in [5.41, 5.74) is 3.24. The molecule has 7 heteroatoms. The third-order valence-electron chi connectivity index (χ3n) is 8.51. The maximum atomic E-state index is 13.3. The molecule has 1 N–H and O–H groups in total. The fraction of sp³-hybridized carbons (Fsp3) is 0.483. The van der Waals surface area contributed by atoms with E-state index in [9.17, 15) is 13.2 Å². The van der Waals surface area contributed by atoms with Crippen molar-refractivity contribution in [2.24, 2.45) is 16.7 Å². The zero-order chi connectivity index (χ0) is 26.3. The van der Waals surface area contributed by atoms with Crippen molar-refractivity contribution in [1.82, 2.24) is 9.47 Å². The van der Waals surface area contributed by atoms with Crippen molar-refractivity contribution in [1.29, 1.82) is 0 Å². The lowest BCUT2D eigenvalue weighted by molar-refractivity contribution is 0.0946. The van der Waals surface area contributed by atoms with Crippen LogP contribution in [0, 0.1) is 23.7 Å². The van der Waals surface area contributed by atoms with E-state index in [0.717, 1.165) is 29.6 Å². The van der Waals surface area contributed by atoms with Gasteiger partial charge in [0.1, 0.15) is 0 Å². The number of para-hydroxylation sites is 1. The molecule has 1 aliphatic carbocycles.